The number of hydrogen-bond acceptors (Lipinski definition) is 4. The standard InChI is InChI=1S/C20H29N3O4/c1-3-12-23(20(26)15-6-4-5-7-15)14-19(25)21-13-18(24)22-16-8-10-17(27-2)11-9-16/h8-11,15H,3-7,12-14H2,1-2H3,(H,21,25)(H,22,24). The second-order valence-electron chi connectivity index (χ2n) is 6.79. The number of ether oxygens (including phenoxy) is 1. The van der Waals surface area contributed by atoms with Crippen LogP contribution in [0.15, 0.2) is 24.3 Å². The molecular formula is C20H29N3O4. The van der Waals surface area contributed by atoms with Crippen LogP contribution in [0.3, 0.4) is 0 Å². The largest absolute Gasteiger partial charge is 0.497 e. The van der Waals surface area contributed by atoms with Crippen molar-refractivity contribution >= 4 is 23.4 Å². The van der Waals surface area contributed by atoms with Crippen LogP contribution in [-0.4, -0.2) is 49.4 Å². The van der Waals surface area contributed by atoms with E-state index in [1.165, 1.54) is 0 Å². The summed E-state index contributed by atoms with van der Waals surface area (Å²) in [6.45, 7) is 2.40. The van der Waals surface area contributed by atoms with Crippen molar-refractivity contribution in [1.29, 1.82) is 0 Å². The molecular weight excluding hydrogens is 346 g/mol. The van der Waals surface area contributed by atoms with E-state index in [9.17, 15) is 14.4 Å². The summed E-state index contributed by atoms with van der Waals surface area (Å²) in [6.07, 6.45) is 4.77. The van der Waals surface area contributed by atoms with Gasteiger partial charge in [-0.05, 0) is 43.5 Å². The SMILES string of the molecule is CCCN(CC(=O)NCC(=O)Nc1ccc(OC)cc1)C(=O)C1CCCC1. The molecule has 0 atom stereocenters. The van der Waals surface area contributed by atoms with Gasteiger partial charge in [-0.15, -0.1) is 0 Å². The van der Waals surface area contributed by atoms with Crippen LogP contribution >= 0.6 is 0 Å². The molecule has 0 aromatic heterocycles. The smallest absolute Gasteiger partial charge is 0.243 e. The molecule has 148 valence electrons. The van der Waals surface area contributed by atoms with Gasteiger partial charge >= 0.3 is 0 Å². The number of nitrogens with one attached hydrogen (secondary N) is 2. The first kappa shape index (κ1) is 20.7. The lowest BCUT2D eigenvalue weighted by atomic mass is 10.1. The zero-order valence-electron chi connectivity index (χ0n) is 16.1. The molecule has 1 fully saturated rings. The zero-order chi connectivity index (χ0) is 19.6. The molecule has 1 aromatic rings. The van der Waals surface area contributed by atoms with Gasteiger partial charge in [0.2, 0.25) is 17.7 Å². The van der Waals surface area contributed by atoms with Gasteiger partial charge in [0.25, 0.3) is 0 Å². The van der Waals surface area contributed by atoms with E-state index in [1.54, 1.807) is 36.3 Å². The maximum atomic E-state index is 12.6. The summed E-state index contributed by atoms with van der Waals surface area (Å²) in [5, 5.41) is 5.29. The molecule has 0 unspecified atom stereocenters. The Balaban J connectivity index is 1.78. The molecule has 1 aromatic carbocycles. The third kappa shape index (κ3) is 6.58. The molecule has 1 saturated carbocycles. The first-order valence-corrected chi connectivity index (χ1v) is 9.53. The van der Waals surface area contributed by atoms with E-state index < -0.39 is 0 Å². The number of hydrogen-bond donors (Lipinski definition) is 2. The molecule has 1 aliphatic rings. The van der Waals surface area contributed by atoms with Crippen molar-refractivity contribution in [3.63, 3.8) is 0 Å². The summed E-state index contributed by atoms with van der Waals surface area (Å²) in [7, 11) is 1.57. The van der Waals surface area contributed by atoms with Gasteiger partial charge in [0.15, 0.2) is 0 Å². The highest BCUT2D eigenvalue weighted by Crippen LogP contribution is 2.26. The summed E-state index contributed by atoms with van der Waals surface area (Å²) in [5.41, 5.74) is 0.624. The van der Waals surface area contributed by atoms with Crippen LogP contribution in [0.4, 0.5) is 5.69 Å². The highest BCUT2D eigenvalue weighted by Gasteiger charge is 2.27. The third-order valence-corrected chi connectivity index (χ3v) is 4.66. The Morgan fingerprint density at radius 1 is 1.11 bits per heavy atom. The number of rotatable bonds is 9. The average molecular weight is 375 g/mol. The fourth-order valence-corrected chi connectivity index (χ4v) is 3.26. The average Bonchev–Trinajstić information content (AvgIpc) is 3.21. The third-order valence-electron chi connectivity index (χ3n) is 4.66. The zero-order valence-corrected chi connectivity index (χ0v) is 16.1. The van der Waals surface area contributed by atoms with Crippen LogP contribution in [0.1, 0.15) is 39.0 Å². The predicted molar refractivity (Wildman–Crippen MR) is 103 cm³/mol. The van der Waals surface area contributed by atoms with Crippen LogP contribution in [0.2, 0.25) is 0 Å². The summed E-state index contributed by atoms with van der Waals surface area (Å²) < 4.78 is 5.06. The number of nitrogens with zero attached hydrogens (tertiary/aromatic N) is 1. The molecule has 0 aliphatic heterocycles. The molecule has 27 heavy (non-hydrogen) atoms. The van der Waals surface area contributed by atoms with Crippen molar-refractivity contribution in [1.82, 2.24) is 10.2 Å². The minimum Gasteiger partial charge on any atom is -0.497 e. The molecule has 3 amide bonds. The molecule has 2 N–H and O–H groups in total. The van der Waals surface area contributed by atoms with Gasteiger partial charge in [0.1, 0.15) is 5.75 Å². The van der Waals surface area contributed by atoms with Crippen molar-refractivity contribution in [2.75, 3.05) is 32.1 Å². The Bertz CT molecular complexity index is 639. The number of anilines is 1. The van der Waals surface area contributed by atoms with E-state index >= 15 is 0 Å². The molecule has 0 bridgehead atoms. The first-order chi connectivity index (χ1) is 13.0. The van der Waals surface area contributed by atoms with Crippen LogP contribution in [-0.2, 0) is 14.4 Å². The predicted octanol–water partition coefficient (Wildman–Crippen LogP) is 2.18. The topological polar surface area (TPSA) is 87.7 Å². The highest BCUT2D eigenvalue weighted by molar-refractivity contribution is 5.95. The summed E-state index contributed by atoms with van der Waals surface area (Å²) in [4.78, 5) is 38.4. The fraction of sp³-hybridized carbons (Fsp3) is 0.550. The maximum absolute atomic E-state index is 12.6. The van der Waals surface area contributed by atoms with E-state index in [1.807, 2.05) is 6.92 Å². The maximum Gasteiger partial charge on any atom is 0.243 e. The lowest BCUT2D eigenvalue weighted by Gasteiger charge is -2.24. The molecule has 0 saturated heterocycles. The Morgan fingerprint density at radius 2 is 1.78 bits per heavy atom. The van der Waals surface area contributed by atoms with Crippen molar-refractivity contribution in [2.45, 2.75) is 39.0 Å². The molecule has 0 spiro atoms. The Morgan fingerprint density at radius 3 is 2.37 bits per heavy atom. The minimum absolute atomic E-state index is 0.00100. The van der Waals surface area contributed by atoms with Crippen molar-refractivity contribution in [3.8, 4) is 5.75 Å². The first-order valence-electron chi connectivity index (χ1n) is 9.53. The van der Waals surface area contributed by atoms with Crippen LogP contribution in [0, 0.1) is 5.92 Å². The molecule has 2 rings (SSSR count). The summed E-state index contributed by atoms with van der Waals surface area (Å²) >= 11 is 0. The highest BCUT2D eigenvalue weighted by atomic mass is 16.5. The van der Waals surface area contributed by atoms with Gasteiger partial charge < -0.3 is 20.3 Å². The van der Waals surface area contributed by atoms with Crippen molar-refractivity contribution in [2.24, 2.45) is 5.92 Å². The lowest BCUT2D eigenvalue weighted by molar-refractivity contribution is -0.139. The van der Waals surface area contributed by atoms with Gasteiger partial charge in [0, 0.05) is 18.2 Å². The second kappa shape index (κ2) is 10.5. The van der Waals surface area contributed by atoms with E-state index in [4.69, 9.17) is 4.74 Å². The quantitative estimate of drug-likeness (QED) is 0.692. The minimum atomic E-state index is -0.322. The molecule has 1 aliphatic carbocycles. The Kier molecular flexibility index (Phi) is 8.10. The molecule has 7 heteroatoms. The second-order valence-corrected chi connectivity index (χ2v) is 6.79. The number of methoxy groups -OCH3 is 1. The number of carbonyl (C=O) groups excluding carboxylic acids is 3. The lowest BCUT2D eigenvalue weighted by Crippen LogP contribution is -2.44. The van der Waals surface area contributed by atoms with E-state index in [2.05, 4.69) is 10.6 Å². The molecule has 0 heterocycles. The van der Waals surface area contributed by atoms with Crippen molar-refractivity contribution < 1.29 is 19.1 Å². The molecule has 7 nitrogen and oxygen atoms in total. The number of carbonyl (C=O) groups is 3. The number of amides is 3. The Hall–Kier alpha value is -2.57. The van der Waals surface area contributed by atoms with Gasteiger partial charge in [-0.2, -0.15) is 0 Å². The van der Waals surface area contributed by atoms with Gasteiger partial charge in [0.05, 0.1) is 20.2 Å². The van der Waals surface area contributed by atoms with Crippen LogP contribution in [0.5, 0.6) is 5.75 Å². The van der Waals surface area contributed by atoms with E-state index in [0.717, 1.165) is 32.1 Å². The number of benzene rings is 1. The summed E-state index contributed by atoms with van der Waals surface area (Å²) in [6, 6.07) is 6.93. The van der Waals surface area contributed by atoms with E-state index in [0.29, 0.717) is 18.0 Å². The molecule has 0 radical (unpaired) electrons. The normalized spacial score (nSPS) is 13.9. The van der Waals surface area contributed by atoms with E-state index in [-0.39, 0.29) is 36.7 Å². The van der Waals surface area contributed by atoms with Crippen LogP contribution in [0.25, 0.3) is 0 Å². The fourth-order valence-electron chi connectivity index (χ4n) is 3.26. The van der Waals surface area contributed by atoms with Gasteiger partial charge in [-0.3, -0.25) is 14.4 Å². The monoisotopic (exact) mass is 375 g/mol. The van der Waals surface area contributed by atoms with Gasteiger partial charge in [-0.25, -0.2) is 0 Å². The van der Waals surface area contributed by atoms with Crippen molar-refractivity contribution in [3.05, 3.63) is 24.3 Å². The van der Waals surface area contributed by atoms with Gasteiger partial charge in [-0.1, -0.05) is 19.8 Å². The summed E-state index contributed by atoms with van der Waals surface area (Å²) in [5.74, 6) is 0.163. The Labute approximate surface area is 160 Å². The van der Waals surface area contributed by atoms with Crippen LogP contribution < -0.4 is 15.4 Å².